The minimum absolute atomic E-state index is 0.104. The molecule has 106 valence electrons. The first kappa shape index (κ1) is 16.1. The molecule has 0 aliphatic heterocycles. The van der Waals surface area contributed by atoms with Crippen molar-refractivity contribution in [1.82, 2.24) is 0 Å². The van der Waals surface area contributed by atoms with Crippen molar-refractivity contribution in [3.05, 3.63) is 31.6 Å². The van der Waals surface area contributed by atoms with E-state index < -0.39 is 16.8 Å². The Kier molecular flexibility index (Phi) is 6.38. The van der Waals surface area contributed by atoms with E-state index in [0.717, 1.165) is 6.07 Å². The summed E-state index contributed by atoms with van der Waals surface area (Å²) >= 11 is 1.70. The van der Waals surface area contributed by atoms with Gasteiger partial charge in [-0.05, 0) is 29.0 Å². The molecule has 0 amide bonds. The van der Waals surface area contributed by atoms with Crippen LogP contribution in [-0.2, 0) is 4.74 Å². The van der Waals surface area contributed by atoms with Gasteiger partial charge in [-0.3, -0.25) is 10.1 Å². The molecule has 0 radical (unpaired) electrons. The number of nitro groups is 1. The third-order valence-electron chi connectivity index (χ3n) is 2.39. The molecule has 1 aromatic carbocycles. The van der Waals surface area contributed by atoms with E-state index in [1.165, 1.54) is 13.2 Å². The van der Waals surface area contributed by atoms with E-state index in [1.54, 1.807) is 22.6 Å². The van der Waals surface area contributed by atoms with Crippen molar-refractivity contribution in [2.24, 2.45) is 0 Å². The van der Waals surface area contributed by atoms with Gasteiger partial charge in [0.15, 0.2) is 0 Å². The number of halogens is 2. The fourth-order valence-corrected chi connectivity index (χ4v) is 1.93. The molecule has 0 aromatic heterocycles. The molecule has 1 unspecified atom stereocenters. The lowest BCUT2D eigenvalue weighted by atomic mass is 10.2. The van der Waals surface area contributed by atoms with Gasteiger partial charge in [0.05, 0.1) is 21.2 Å². The van der Waals surface area contributed by atoms with Crippen LogP contribution < -0.4 is 5.32 Å². The smallest absolute Gasteiger partial charge is 0.293 e. The second kappa shape index (κ2) is 7.56. The zero-order valence-corrected chi connectivity index (χ0v) is 12.4. The molecule has 0 bridgehead atoms. The van der Waals surface area contributed by atoms with Crippen LogP contribution in [0.4, 0.5) is 15.8 Å². The summed E-state index contributed by atoms with van der Waals surface area (Å²) in [5.41, 5.74) is -0.0837. The zero-order chi connectivity index (χ0) is 14.4. The summed E-state index contributed by atoms with van der Waals surface area (Å²) < 4.78 is 18.3. The Morgan fingerprint density at radius 1 is 1.63 bits per heavy atom. The number of hydrogen-bond donors (Lipinski definition) is 2. The number of aliphatic hydroxyl groups is 1. The highest BCUT2D eigenvalue weighted by Gasteiger charge is 2.17. The molecule has 0 aliphatic carbocycles. The highest BCUT2D eigenvalue weighted by Crippen LogP contribution is 2.28. The third kappa shape index (κ3) is 4.88. The standard InChI is InChI=1S/C11H14FIN2O4/c1-19-6-7(16)2-3-14-10-4-8(12)9(13)5-11(10)15(17)18/h4-5,7,14,16H,2-3,6H2,1H3. The van der Waals surface area contributed by atoms with Gasteiger partial charge in [-0.25, -0.2) is 4.39 Å². The predicted octanol–water partition coefficient (Wildman–Crippen LogP) is 2.15. The van der Waals surface area contributed by atoms with E-state index in [0.29, 0.717) is 6.42 Å². The molecule has 1 atom stereocenters. The first-order valence-electron chi connectivity index (χ1n) is 5.50. The normalized spacial score (nSPS) is 12.2. The van der Waals surface area contributed by atoms with Crippen molar-refractivity contribution in [1.29, 1.82) is 0 Å². The highest BCUT2D eigenvalue weighted by atomic mass is 127. The van der Waals surface area contributed by atoms with Crippen LogP contribution in [0, 0.1) is 19.5 Å². The number of nitro benzene ring substituents is 1. The summed E-state index contributed by atoms with van der Waals surface area (Å²) in [5, 5.41) is 23.0. The third-order valence-corrected chi connectivity index (χ3v) is 3.21. The van der Waals surface area contributed by atoms with E-state index in [2.05, 4.69) is 5.32 Å². The number of nitrogens with one attached hydrogen (secondary N) is 1. The van der Waals surface area contributed by atoms with Gasteiger partial charge in [0, 0.05) is 25.8 Å². The first-order chi connectivity index (χ1) is 8.95. The van der Waals surface area contributed by atoms with Gasteiger partial charge in [0.2, 0.25) is 0 Å². The number of ether oxygens (including phenoxy) is 1. The molecule has 0 aliphatic rings. The van der Waals surface area contributed by atoms with E-state index in [4.69, 9.17) is 4.74 Å². The van der Waals surface area contributed by atoms with Gasteiger partial charge in [-0.2, -0.15) is 0 Å². The van der Waals surface area contributed by atoms with Crippen molar-refractivity contribution in [2.75, 3.05) is 25.6 Å². The number of hydrogen-bond acceptors (Lipinski definition) is 5. The monoisotopic (exact) mass is 384 g/mol. The predicted molar refractivity (Wildman–Crippen MR) is 76.8 cm³/mol. The first-order valence-corrected chi connectivity index (χ1v) is 6.58. The molecular formula is C11H14FIN2O4. The molecular weight excluding hydrogens is 370 g/mol. The molecule has 0 saturated heterocycles. The van der Waals surface area contributed by atoms with Crippen molar-refractivity contribution >= 4 is 34.0 Å². The molecule has 0 fully saturated rings. The number of methoxy groups -OCH3 is 1. The SMILES string of the molecule is COCC(O)CCNc1cc(F)c(I)cc1[N+](=O)[O-]. The fourth-order valence-electron chi connectivity index (χ4n) is 1.48. The molecule has 8 heteroatoms. The van der Waals surface area contributed by atoms with Gasteiger partial charge in [0.1, 0.15) is 11.5 Å². The Balaban J connectivity index is 2.72. The van der Waals surface area contributed by atoms with Gasteiger partial charge >= 0.3 is 0 Å². The quantitative estimate of drug-likeness (QED) is 0.428. The molecule has 19 heavy (non-hydrogen) atoms. The zero-order valence-electron chi connectivity index (χ0n) is 10.2. The lowest BCUT2D eigenvalue weighted by molar-refractivity contribution is -0.384. The van der Waals surface area contributed by atoms with Crippen LogP contribution in [0.25, 0.3) is 0 Å². The van der Waals surface area contributed by atoms with Crippen molar-refractivity contribution in [3.63, 3.8) is 0 Å². The van der Waals surface area contributed by atoms with Gasteiger partial charge in [-0.15, -0.1) is 0 Å². The van der Waals surface area contributed by atoms with E-state index in [1.807, 2.05) is 0 Å². The van der Waals surface area contributed by atoms with Crippen LogP contribution >= 0.6 is 22.6 Å². The summed E-state index contributed by atoms with van der Waals surface area (Å²) in [5.74, 6) is -0.522. The lowest BCUT2D eigenvalue weighted by Gasteiger charge is -2.11. The topological polar surface area (TPSA) is 84.6 Å². The second-order valence-corrected chi connectivity index (χ2v) is 5.03. The summed E-state index contributed by atoms with van der Waals surface area (Å²) in [7, 11) is 1.47. The van der Waals surface area contributed by atoms with E-state index in [-0.39, 0.29) is 28.1 Å². The number of anilines is 1. The Labute approximate surface area is 123 Å². The minimum atomic E-state index is -0.662. The van der Waals surface area contributed by atoms with Crippen LogP contribution in [0.15, 0.2) is 12.1 Å². The van der Waals surface area contributed by atoms with Crippen molar-refractivity contribution in [2.45, 2.75) is 12.5 Å². The molecule has 0 saturated carbocycles. The number of aliphatic hydroxyl groups excluding tert-OH is 1. The Hall–Kier alpha value is -1.00. The lowest BCUT2D eigenvalue weighted by Crippen LogP contribution is -2.18. The molecule has 0 spiro atoms. The average Bonchev–Trinajstić information content (AvgIpc) is 2.33. The van der Waals surface area contributed by atoms with Gasteiger partial charge in [-0.1, -0.05) is 0 Å². The second-order valence-electron chi connectivity index (χ2n) is 3.87. The number of benzene rings is 1. The van der Waals surface area contributed by atoms with Crippen molar-refractivity contribution < 1.29 is 19.2 Å². The van der Waals surface area contributed by atoms with Crippen LogP contribution in [-0.4, -0.2) is 36.4 Å². The summed E-state index contributed by atoms with van der Waals surface area (Å²) in [6.07, 6.45) is -0.316. The van der Waals surface area contributed by atoms with Crippen LogP contribution in [0.5, 0.6) is 0 Å². The van der Waals surface area contributed by atoms with E-state index in [9.17, 15) is 19.6 Å². The van der Waals surface area contributed by atoms with Crippen molar-refractivity contribution in [3.8, 4) is 0 Å². The summed E-state index contributed by atoms with van der Waals surface area (Å²) in [4.78, 5) is 10.3. The molecule has 1 aromatic rings. The maximum atomic E-state index is 13.4. The molecule has 0 heterocycles. The molecule has 6 nitrogen and oxygen atoms in total. The summed E-state index contributed by atoms with van der Waals surface area (Å²) in [6, 6.07) is 2.26. The van der Waals surface area contributed by atoms with Crippen LogP contribution in [0.3, 0.4) is 0 Å². The maximum Gasteiger partial charge on any atom is 0.293 e. The highest BCUT2D eigenvalue weighted by molar-refractivity contribution is 14.1. The Morgan fingerprint density at radius 2 is 2.32 bits per heavy atom. The fraction of sp³-hybridized carbons (Fsp3) is 0.455. The Morgan fingerprint density at radius 3 is 2.89 bits per heavy atom. The number of nitrogens with zero attached hydrogens (tertiary/aromatic N) is 1. The number of rotatable bonds is 7. The summed E-state index contributed by atoms with van der Waals surface area (Å²) in [6.45, 7) is 0.468. The maximum absolute atomic E-state index is 13.4. The average molecular weight is 384 g/mol. The van der Waals surface area contributed by atoms with Crippen LogP contribution in [0.2, 0.25) is 0 Å². The van der Waals surface area contributed by atoms with Crippen LogP contribution in [0.1, 0.15) is 6.42 Å². The Bertz CT molecular complexity index is 459. The molecule has 1 rings (SSSR count). The molecule has 2 N–H and O–H groups in total. The van der Waals surface area contributed by atoms with Gasteiger partial charge < -0.3 is 15.2 Å². The van der Waals surface area contributed by atoms with Gasteiger partial charge in [0.25, 0.3) is 5.69 Å². The minimum Gasteiger partial charge on any atom is -0.391 e. The van der Waals surface area contributed by atoms with E-state index >= 15 is 0 Å². The largest absolute Gasteiger partial charge is 0.391 e.